The van der Waals surface area contributed by atoms with Crippen molar-refractivity contribution in [1.29, 1.82) is 0 Å². The molecular weight excluding hydrogens is 382 g/mol. The van der Waals surface area contributed by atoms with E-state index < -0.39 is 10.8 Å². The van der Waals surface area contributed by atoms with E-state index in [-0.39, 0.29) is 11.3 Å². The predicted molar refractivity (Wildman–Crippen MR) is 115 cm³/mol. The Bertz CT molecular complexity index is 1020. The van der Waals surface area contributed by atoms with E-state index >= 15 is 0 Å². The van der Waals surface area contributed by atoms with Crippen LogP contribution in [0.15, 0.2) is 84.0 Å². The number of hydrogen-bond acceptors (Lipinski definition) is 5. The molecule has 1 N–H and O–H groups in total. The highest BCUT2D eigenvalue weighted by Crippen LogP contribution is 2.14. The van der Waals surface area contributed by atoms with Crippen LogP contribution in [0.3, 0.4) is 0 Å². The van der Waals surface area contributed by atoms with E-state index in [1.807, 2.05) is 42.5 Å². The molecule has 0 aliphatic carbocycles. The summed E-state index contributed by atoms with van der Waals surface area (Å²) in [7, 11) is 0. The second-order valence-electron chi connectivity index (χ2n) is 6.51. The van der Waals surface area contributed by atoms with Crippen LogP contribution >= 0.6 is 0 Å². The molecule has 3 rings (SSSR count). The summed E-state index contributed by atoms with van der Waals surface area (Å²) in [5.41, 5.74) is 4.46. The Hall–Kier alpha value is -4.00. The minimum Gasteiger partial charge on any atom is -0.494 e. The number of nitro benzene ring substituents is 1. The third kappa shape index (κ3) is 6.27. The summed E-state index contributed by atoms with van der Waals surface area (Å²) in [6, 6.07) is 23.1. The zero-order valence-electron chi connectivity index (χ0n) is 16.2. The van der Waals surface area contributed by atoms with Crippen LogP contribution in [0.25, 0.3) is 0 Å². The van der Waals surface area contributed by atoms with Crippen LogP contribution in [0.1, 0.15) is 27.9 Å². The lowest BCUT2D eigenvalue weighted by Crippen LogP contribution is -2.17. The van der Waals surface area contributed by atoms with Crippen LogP contribution < -0.4 is 10.2 Å². The van der Waals surface area contributed by atoms with Gasteiger partial charge < -0.3 is 4.74 Å². The van der Waals surface area contributed by atoms with Gasteiger partial charge in [0.1, 0.15) is 5.75 Å². The molecule has 3 aromatic carbocycles. The van der Waals surface area contributed by atoms with Crippen molar-refractivity contribution in [2.75, 3.05) is 6.61 Å². The Balaban J connectivity index is 1.44. The second-order valence-corrected chi connectivity index (χ2v) is 6.51. The van der Waals surface area contributed by atoms with Gasteiger partial charge in [-0.2, -0.15) is 5.10 Å². The molecule has 0 fully saturated rings. The van der Waals surface area contributed by atoms with E-state index in [1.54, 1.807) is 0 Å². The quantitative estimate of drug-likeness (QED) is 0.248. The number of amides is 1. The Morgan fingerprint density at radius 2 is 1.80 bits per heavy atom. The average molecular weight is 403 g/mol. The van der Waals surface area contributed by atoms with Crippen molar-refractivity contribution < 1.29 is 14.5 Å². The first kappa shape index (κ1) is 20.7. The fraction of sp³-hybridized carbons (Fsp3) is 0.130. The Labute approximate surface area is 174 Å². The average Bonchev–Trinajstić information content (AvgIpc) is 2.78. The van der Waals surface area contributed by atoms with Crippen molar-refractivity contribution in [2.45, 2.75) is 12.8 Å². The molecule has 0 aromatic heterocycles. The minimum atomic E-state index is -0.550. The topological polar surface area (TPSA) is 93.8 Å². The maximum atomic E-state index is 12.0. The number of nitrogens with one attached hydrogen (secondary N) is 1. The number of carbonyl (C=O) groups is 1. The number of nitrogens with zero attached hydrogens (tertiary/aromatic N) is 2. The third-order valence-electron chi connectivity index (χ3n) is 4.30. The number of hydrogen-bond donors (Lipinski definition) is 1. The standard InChI is InChI=1S/C23H21N3O4/c27-23(20-9-4-10-21(16-20)26(28)29)25-24-17-19-11-13-22(14-12-19)30-15-5-8-18-6-2-1-3-7-18/h1-4,6-7,9-14,16-17H,5,8,15H2,(H,25,27)/b24-17+. The molecule has 0 spiro atoms. The lowest BCUT2D eigenvalue weighted by Gasteiger charge is -2.06. The van der Waals surface area contributed by atoms with E-state index in [2.05, 4.69) is 22.7 Å². The van der Waals surface area contributed by atoms with E-state index in [4.69, 9.17) is 4.74 Å². The molecule has 0 saturated carbocycles. The first-order valence-corrected chi connectivity index (χ1v) is 9.46. The van der Waals surface area contributed by atoms with Gasteiger partial charge in [-0.15, -0.1) is 0 Å². The van der Waals surface area contributed by atoms with Crippen molar-refractivity contribution in [1.82, 2.24) is 5.43 Å². The molecule has 0 aliphatic rings. The number of nitro groups is 1. The number of ether oxygens (including phenoxy) is 1. The summed E-state index contributed by atoms with van der Waals surface area (Å²) >= 11 is 0. The van der Waals surface area contributed by atoms with Crippen LogP contribution in [-0.2, 0) is 6.42 Å². The predicted octanol–water partition coefficient (Wildman–Crippen LogP) is 4.37. The van der Waals surface area contributed by atoms with Crippen LogP contribution in [0.2, 0.25) is 0 Å². The zero-order valence-corrected chi connectivity index (χ0v) is 16.2. The Morgan fingerprint density at radius 3 is 2.53 bits per heavy atom. The number of carbonyl (C=O) groups excluding carboxylic acids is 1. The molecule has 0 aliphatic heterocycles. The maximum absolute atomic E-state index is 12.0. The molecule has 7 nitrogen and oxygen atoms in total. The molecule has 7 heteroatoms. The van der Waals surface area contributed by atoms with Crippen LogP contribution in [0.4, 0.5) is 5.69 Å². The van der Waals surface area contributed by atoms with Crippen molar-refractivity contribution in [3.63, 3.8) is 0 Å². The molecule has 0 unspecified atom stereocenters. The maximum Gasteiger partial charge on any atom is 0.271 e. The molecule has 152 valence electrons. The molecule has 0 saturated heterocycles. The number of aryl methyl sites for hydroxylation is 1. The van der Waals surface area contributed by atoms with Crippen molar-refractivity contribution in [3.05, 3.63) is 106 Å². The molecule has 1 amide bonds. The SMILES string of the molecule is O=C(N/N=C/c1ccc(OCCCc2ccccc2)cc1)c1cccc([N+](=O)[O-])c1. The van der Waals surface area contributed by atoms with Crippen LogP contribution in [0.5, 0.6) is 5.75 Å². The molecule has 0 bridgehead atoms. The van der Waals surface area contributed by atoms with Gasteiger partial charge in [0, 0.05) is 17.7 Å². The van der Waals surface area contributed by atoms with Crippen LogP contribution in [-0.4, -0.2) is 23.7 Å². The highest BCUT2D eigenvalue weighted by atomic mass is 16.6. The lowest BCUT2D eigenvalue weighted by atomic mass is 10.1. The van der Waals surface area contributed by atoms with Crippen LogP contribution in [0, 0.1) is 10.1 Å². The van der Waals surface area contributed by atoms with Crippen molar-refractivity contribution >= 4 is 17.8 Å². The number of non-ortho nitro benzene ring substituents is 1. The van der Waals surface area contributed by atoms with Gasteiger partial charge in [-0.3, -0.25) is 14.9 Å². The summed E-state index contributed by atoms with van der Waals surface area (Å²) in [6.45, 7) is 0.627. The van der Waals surface area contributed by atoms with Gasteiger partial charge in [-0.1, -0.05) is 36.4 Å². The van der Waals surface area contributed by atoms with Gasteiger partial charge in [-0.25, -0.2) is 5.43 Å². The molecule has 30 heavy (non-hydrogen) atoms. The third-order valence-corrected chi connectivity index (χ3v) is 4.30. The number of benzene rings is 3. The van der Waals surface area contributed by atoms with Gasteiger partial charge >= 0.3 is 0 Å². The first-order valence-electron chi connectivity index (χ1n) is 9.46. The molecule has 0 heterocycles. The summed E-state index contributed by atoms with van der Waals surface area (Å²) in [6.07, 6.45) is 3.39. The molecule has 0 atom stereocenters. The first-order chi connectivity index (χ1) is 14.6. The van der Waals surface area contributed by atoms with E-state index in [9.17, 15) is 14.9 Å². The fourth-order valence-electron chi connectivity index (χ4n) is 2.75. The Morgan fingerprint density at radius 1 is 1.03 bits per heavy atom. The largest absolute Gasteiger partial charge is 0.494 e. The number of rotatable bonds is 9. The minimum absolute atomic E-state index is 0.147. The summed E-state index contributed by atoms with van der Waals surface area (Å²) in [4.78, 5) is 22.3. The molecular formula is C23H21N3O4. The fourth-order valence-corrected chi connectivity index (χ4v) is 2.75. The lowest BCUT2D eigenvalue weighted by molar-refractivity contribution is -0.384. The molecule has 3 aromatic rings. The summed E-state index contributed by atoms with van der Waals surface area (Å²) < 4.78 is 5.74. The monoisotopic (exact) mass is 403 g/mol. The second kappa shape index (κ2) is 10.5. The normalized spacial score (nSPS) is 10.7. The van der Waals surface area contributed by atoms with Gasteiger partial charge in [0.25, 0.3) is 11.6 Å². The summed E-state index contributed by atoms with van der Waals surface area (Å²) in [5, 5.41) is 14.7. The van der Waals surface area contributed by atoms with E-state index in [1.165, 1.54) is 36.0 Å². The Kier molecular flexibility index (Phi) is 7.27. The van der Waals surface area contributed by atoms with E-state index in [0.717, 1.165) is 24.2 Å². The van der Waals surface area contributed by atoms with Gasteiger partial charge in [0.2, 0.25) is 0 Å². The highest BCUT2D eigenvalue weighted by Gasteiger charge is 2.10. The van der Waals surface area contributed by atoms with Crippen molar-refractivity contribution in [3.8, 4) is 5.75 Å². The smallest absolute Gasteiger partial charge is 0.271 e. The van der Waals surface area contributed by atoms with Gasteiger partial charge in [0.15, 0.2) is 0 Å². The summed E-state index contributed by atoms with van der Waals surface area (Å²) in [5.74, 6) is 0.245. The highest BCUT2D eigenvalue weighted by molar-refractivity contribution is 5.95. The number of hydrazone groups is 1. The van der Waals surface area contributed by atoms with Gasteiger partial charge in [-0.05, 0) is 54.3 Å². The van der Waals surface area contributed by atoms with Gasteiger partial charge in [0.05, 0.1) is 17.7 Å². The zero-order chi connectivity index (χ0) is 21.2. The van der Waals surface area contributed by atoms with Crippen molar-refractivity contribution in [2.24, 2.45) is 5.10 Å². The molecule has 0 radical (unpaired) electrons. The van der Waals surface area contributed by atoms with E-state index in [0.29, 0.717) is 6.61 Å².